The lowest BCUT2D eigenvalue weighted by atomic mass is 10.2. The Morgan fingerprint density at radius 2 is 2.16 bits per heavy atom. The minimum absolute atomic E-state index is 0.0583. The van der Waals surface area contributed by atoms with Crippen LogP contribution in [-0.4, -0.2) is 23.2 Å². The number of methoxy groups -OCH3 is 1. The van der Waals surface area contributed by atoms with Gasteiger partial charge in [0, 0.05) is 6.42 Å². The Morgan fingerprint density at radius 3 is 2.89 bits per heavy atom. The number of hydrogen-bond acceptors (Lipinski definition) is 5. The van der Waals surface area contributed by atoms with Gasteiger partial charge in [0.05, 0.1) is 19.2 Å². The minimum atomic E-state index is -0.0583. The highest BCUT2D eigenvalue weighted by atomic mass is 16.5. The van der Waals surface area contributed by atoms with Crippen LogP contribution in [0.5, 0.6) is 5.75 Å². The molecule has 0 aliphatic heterocycles. The van der Waals surface area contributed by atoms with E-state index in [4.69, 9.17) is 9.15 Å². The molecule has 0 spiro atoms. The Morgan fingerprint density at radius 1 is 1.37 bits per heavy atom. The fourth-order valence-corrected chi connectivity index (χ4v) is 1.55. The summed E-state index contributed by atoms with van der Waals surface area (Å²) < 4.78 is 10.7. The predicted octanol–water partition coefficient (Wildman–Crippen LogP) is 1.77. The van der Waals surface area contributed by atoms with Gasteiger partial charge in [-0.05, 0) is 12.1 Å². The average molecular weight is 261 g/mol. The van der Waals surface area contributed by atoms with E-state index in [1.54, 1.807) is 14.0 Å². The molecule has 1 aromatic heterocycles. The van der Waals surface area contributed by atoms with Crippen molar-refractivity contribution >= 4 is 5.91 Å². The summed E-state index contributed by atoms with van der Waals surface area (Å²) in [6.07, 6.45) is 0.424. The molecule has 1 aromatic carbocycles. The van der Waals surface area contributed by atoms with Gasteiger partial charge in [0.2, 0.25) is 11.8 Å². The number of nitrogens with zero attached hydrogens (tertiary/aromatic N) is 2. The lowest BCUT2D eigenvalue weighted by Crippen LogP contribution is -2.21. The van der Waals surface area contributed by atoms with Crippen molar-refractivity contribution < 1.29 is 13.9 Å². The molecule has 6 nitrogen and oxygen atoms in total. The van der Waals surface area contributed by atoms with Gasteiger partial charge in [-0.25, -0.2) is 0 Å². The number of benzene rings is 1. The predicted molar refractivity (Wildman–Crippen MR) is 68.4 cm³/mol. The molecule has 2 rings (SSSR count). The van der Waals surface area contributed by atoms with Crippen LogP contribution < -0.4 is 10.1 Å². The van der Waals surface area contributed by atoms with Crippen molar-refractivity contribution in [3.63, 3.8) is 0 Å². The molecule has 0 aliphatic carbocycles. The average Bonchev–Trinajstić information content (AvgIpc) is 2.93. The number of hydrogen-bond donors (Lipinski definition) is 1. The second kappa shape index (κ2) is 5.99. The van der Waals surface area contributed by atoms with Gasteiger partial charge >= 0.3 is 0 Å². The molecule has 2 aromatic rings. The van der Waals surface area contributed by atoms with Crippen molar-refractivity contribution in [2.24, 2.45) is 0 Å². The van der Waals surface area contributed by atoms with Crippen LogP contribution in [0, 0.1) is 0 Å². The quantitative estimate of drug-likeness (QED) is 0.887. The second-order valence-electron chi connectivity index (χ2n) is 3.83. The van der Waals surface area contributed by atoms with Crippen molar-refractivity contribution in [2.75, 3.05) is 7.11 Å². The van der Waals surface area contributed by atoms with E-state index in [2.05, 4.69) is 15.5 Å². The summed E-state index contributed by atoms with van der Waals surface area (Å²) in [4.78, 5) is 11.1. The zero-order valence-corrected chi connectivity index (χ0v) is 10.8. The zero-order valence-electron chi connectivity index (χ0n) is 10.8. The number of carbonyl (C=O) groups is 1. The summed E-state index contributed by atoms with van der Waals surface area (Å²) >= 11 is 0. The number of aromatic nitrogens is 2. The fourth-order valence-electron chi connectivity index (χ4n) is 1.55. The first-order valence-electron chi connectivity index (χ1n) is 5.97. The standard InChI is InChI=1S/C13H15N3O3/c1-3-11(17)14-8-12-15-16-13(19-12)9-6-4-5-7-10(9)18-2/h4-7H,3,8H2,1-2H3,(H,14,17). The molecular weight excluding hydrogens is 246 g/mol. The van der Waals surface area contributed by atoms with E-state index in [-0.39, 0.29) is 12.5 Å². The van der Waals surface area contributed by atoms with Crippen molar-refractivity contribution in [3.05, 3.63) is 30.2 Å². The van der Waals surface area contributed by atoms with Crippen LogP contribution in [0.3, 0.4) is 0 Å². The smallest absolute Gasteiger partial charge is 0.251 e. The van der Waals surface area contributed by atoms with Crippen LogP contribution in [0.2, 0.25) is 0 Å². The van der Waals surface area contributed by atoms with E-state index in [0.717, 1.165) is 5.56 Å². The molecule has 19 heavy (non-hydrogen) atoms. The van der Waals surface area contributed by atoms with E-state index < -0.39 is 0 Å². The van der Waals surface area contributed by atoms with Crippen molar-refractivity contribution in [1.82, 2.24) is 15.5 Å². The lowest BCUT2D eigenvalue weighted by Gasteiger charge is -2.03. The van der Waals surface area contributed by atoms with E-state index in [9.17, 15) is 4.79 Å². The van der Waals surface area contributed by atoms with Crippen LogP contribution in [0.25, 0.3) is 11.5 Å². The molecule has 1 amide bonds. The molecule has 1 heterocycles. The maximum atomic E-state index is 11.1. The zero-order chi connectivity index (χ0) is 13.7. The van der Waals surface area contributed by atoms with E-state index >= 15 is 0 Å². The van der Waals surface area contributed by atoms with Crippen molar-refractivity contribution in [3.8, 4) is 17.2 Å². The maximum Gasteiger partial charge on any atom is 0.251 e. The number of carbonyl (C=O) groups excluding carboxylic acids is 1. The molecule has 0 fully saturated rings. The molecule has 1 N–H and O–H groups in total. The summed E-state index contributed by atoms with van der Waals surface area (Å²) in [6.45, 7) is 2.01. The van der Waals surface area contributed by atoms with Gasteiger partial charge < -0.3 is 14.5 Å². The first kappa shape index (κ1) is 13.1. The van der Waals surface area contributed by atoms with Crippen molar-refractivity contribution in [1.29, 1.82) is 0 Å². The summed E-state index contributed by atoms with van der Waals surface area (Å²) in [6, 6.07) is 7.38. The number of para-hydroxylation sites is 1. The Bertz CT molecular complexity index is 566. The number of amides is 1. The number of rotatable bonds is 5. The highest BCUT2D eigenvalue weighted by Gasteiger charge is 2.13. The summed E-state index contributed by atoms with van der Waals surface area (Å²) in [5, 5.41) is 10.5. The monoisotopic (exact) mass is 261 g/mol. The van der Waals surface area contributed by atoms with Crippen LogP contribution in [-0.2, 0) is 11.3 Å². The Labute approximate surface area is 110 Å². The summed E-state index contributed by atoms with van der Waals surface area (Å²) in [5.41, 5.74) is 0.727. The molecule has 0 radical (unpaired) electrons. The number of ether oxygens (including phenoxy) is 1. The molecule has 6 heteroatoms. The second-order valence-corrected chi connectivity index (χ2v) is 3.83. The van der Waals surface area contributed by atoms with E-state index in [1.807, 2.05) is 24.3 Å². The minimum Gasteiger partial charge on any atom is -0.496 e. The first-order valence-corrected chi connectivity index (χ1v) is 5.97. The third-order valence-electron chi connectivity index (χ3n) is 2.56. The summed E-state index contributed by atoms with van der Waals surface area (Å²) in [7, 11) is 1.58. The third-order valence-corrected chi connectivity index (χ3v) is 2.56. The largest absolute Gasteiger partial charge is 0.496 e. The van der Waals surface area contributed by atoms with E-state index in [1.165, 1.54) is 0 Å². The third kappa shape index (κ3) is 3.09. The molecule has 0 bridgehead atoms. The SMILES string of the molecule is CCC(=O)NCc1nnc(-c2ccccc2OC)o1. The normalized spacial score (nSPS) is 10.2. The molecule has 0 saturated heterocycles. The molecule has 0 atom stereocenters. The Balaban J connectivity index is 2.14. The maximum absolute atomic E-state index is 11.1. The first-order chi connectivity index (χ1) is 9.24. The fraction of sp³-hybridized carbons (Fsp3) is 0.308. The Kier molecular flexibility index (Phi) is 4.12. The lowest BCUT2D eigenvalue weighted by molar-refractivity contribution is -0.121. The highest BCUT2D eigenvalue weighted by Crippen LogP contribution is 2.28. The van der Waals surface area contributed by atoms with Gasteiger partial charge in [0.1, 0.15) is 5.75 Å². The molecule has 0 saturated carbocycles. The van der Waals surface area contributed by atoms with Crippen molar-refractivity contribution in [2.45, 2.75) is 19.9 Å². The van der Waals surface area contributed by atoms with Crippen LogP contribution in [0.4, 0.5) is 0 Å². The van der Waals surface area contributed by atoms with Gasteiger partial charge in [0.25, 0.3) is 5.89 Å². The van der Waals surface area contributed by atoms with Gasteiger partial charge in [-0.3, -0.25) is 4.79 Å². The molecule has 0 aliphatic rings. The van der Waals surface area contributed by atoms with Crippen LogP contribution in [0.1, 0.15) is 19.2 Å². The number of nitrogens with one attached hydrogen (secondary N) is 1. The van der Waals surface area contributed by atoms with Crippen LogP contribution in [0.15, 0.2) is 28.7 Å². The molecule has 0 unspecified atom stereocenters. The van der Waals surface area contributed by atoms with Crippen LogP contribution >= 0.6 is 0 Å². The highest BCUT2D eigenvalue weighted by molar-refractivity contribution is 5.75. The summed E-state index contributed by atoms with van der Waals surface area (Å²) in [5.74, 6) is 1.34. The van der Waals surface area contributed by atoms with E-state index in [0.29, 0.717) is 24.0 Å². The molecular formula is C13H15N3O3. The topological polar surface area (TPSA) is 77.2 Å². The Hall–Kier alpha value is -2.37. The van der Waals surface area contributed by atoms with Gasteiger partial charge in [0.15, 0.2) is 0 Å². The van der Waals surface area contributed by atoms with Gasteiger partial charge in [-0.2, -0.15) is 0 Å². The molecule has 100 valence electrons. The van der Waals surface area contributed by atoms with Gasteiger partial charge in [-0.1, -0.05) is 19.1 Å². The van der Waals surface area contributed by atoms with Gasteiger partial charge in [-0.15, -0.1) is 10.2 Å².